The van der Waals surface area contributed by atoms with Crippen LogP contribution >= 0.6 is 0 Å². The molecule has 3 nitrogen and oxygen atoms in total. The highest BCUT2D eigenvalue weighted by atomic mass is 16.6. The van der Waals surface area contributed by atoms with Crippen molar-refractivity contribution in [3.63, 3.8) is 0 Å². The number of carbonyl (C=O) groups excluding carboxylic acids is 1. The number of carbonyl (C=O) groups is 1. The van der Waals surface area contributed by atoms with Crippen molar-refractivity contribution in [1.82, 2.24) is 5.32 Å². The zero-order valence-electron chi connectivity index (χ0n) is 11.7. The van der Waals surface area contributed by atoms with E-state index in [9.17, 15) is 4.79 Å². The Labute approximate surface area is 104 Å². The van der Waals surface area contributed by atoms with Crippen LogP contribution in [0.4, 0.5) is 4.79 Å². The van der Waals surface area contributed by atoms with Gasteiger partial charge in [-0.3, -0.25) is 0 Å². The lowest BCUT2D eigenvalue weighted by Crippen LogP contribution is -2.52. The molecule has 3 atom stereocenters. The molecule has 2 aliphatic carbocycles. The molecule has 0 radical (unpaired) electrons. The number of rotatable bonds is 2. The Morgan fingerprint density at radius 2 is 2.00 bits per heavy atom. The second kappa shape index (κ2) is 3.89. The maximum absolute atomic E-state index is 11.8. The van der Waals surface area contributed by atoms with E-state index >= 15 is 0 Å². The molecule has 0 saturated heterocycles. The van der Waals surface area contributed by atoms with Crippen LogP contribution in [0.15, 0.2) is 0 Å². The van der Waals surface area contributed by atoms with Gasteiger partial charge in [0.15, 0.2) is 0 Å². The zero-order valence-corrected chi connectivity index (χ0v) is 11.7. The monoisotopic (exact) mass is 239 g/mol. The van der Waals surface area contributed by atoms with Crippen LogP contribution in [0.25, 0.3) is 0 Å². The van der Waals surface area contributed by atoms with Crippen LogP contribution in [0.2, 0.25) is 0 Å². The molecule has 3 unspecified atom stereocenters. The summed E-state index contributed by atoms with van der Waals surface area (Å²) in [5, 5.41) is 3.11. The number of fused-ring (bicyclic) bond motifs is 2. The predicted molar refractivity (Wildman–Crippen MR) is 67.8 cm³/mol. The van der Waals surface area contributed by atoms with Gasteiger partial charge >= 0.3 is 6.09 Å². The van der Waals surface area contributed by atoms with E-state index in [1.807, 2.05) is 13.8 Å². The minimum atomic E-state index is -0.258. The lowest BCUT2D eigenvalue weighted by Gasteiger charge is -2.42. The third-order valence-corrected chi connectivity index (χ3v) is 4.87. The first-order chi connectivity index (χ1) is 7.75. The molecule has 2 aliphatic rings. The van der Waals surface area contributed by atoms with Crippen molar-refractivity contribution in [2.75, 3.05) is 0 Å². The van der Waals surface area contributed by atoms with Crippen molar-refractivity contribution in [2.24, 2.45) is 16.7 Å². The smallest absolute Gasteiger partial charge is 0.407 e. The Kier molecular flexibility index (Phi) is 2.91. The van der Waals surface area contributed by atoms with Gasteiger partial charge in [0.1, 0.15) is 0 Å². The van der Waals surface area contributed by atoms with Gasteiger partial charge in [-0.1, -0.05) is 20.8 Å². The van der Waals surface area contributed by atoms with Gasteiger partial charge in [0.05, 0.1) is 6.10 Å². The number of nitrogens with one attached hydrogen (secondary N) is 1. The van der Waals surface area contributed by atoms with Crippen LogP contribution in [0.3, 0.4) is 0 Å². The summed E-state index contributed by atoms with van der Waals surface area (Å²) >= 11 is 0. The normalized spacial score (nSPS) is 38.5. The minimum Gasteiger partial charge on any atom is -0.447 e. The summed E-state index contributed by atoms with van der Waals surface area (Å²) in [6, 6.07) is 0.250. The Bertz CT molecular complexity index is 319. The van der Waals surface area contributed by atoms with E-state index < -0.39 is 0 Å². The second-order valence-electron chi connectivity index (χ2n) is 6.95. The number of alkyl carbamates (subject to hydrolysis) is 1. The lowest BCUT2D eigenvalue weighted by atomic mass is 9.68. The average Bonchev–Trinajstić information content (AvgIpc) is 2.63. The first-order valence-corrected chi connectivity index (χ1v) is 6.73. The van der Waals surface area contributed by atoms with Gasteiger partial charge in [0.25, 0.3) is 0 Å². The molecule has 2 saturated carbocycles. The third kappa shape index (κ3) is 2.04. The first kappa shape index (κ1) is 12.7. The summed E-state index contributed by atoms with van der Waals surface area (Å²) in [7, 11) is 0. The molecule has 2 rings (SSSR count). The minimum absolute atomic E-state index is 0.0514. The van der Waals surface area contributed by atoms with Gasteiger partial charge in [0, 0.05) is 6.04 Å². The summed E-state index contributed by atoms with van der Waals surface area (Å²) < 4.78 is 5.21. The summed E-state index contributed by atoms with van der Waals surface area (Å²) in [5.41, 5.74) is 0.465. The van der Waals surface area contributed by atoms with E-state index in [0.717, 1.165) is 5.92 Å². The van der Waals surface area contributed by atoms with Crippen molar-refractivity contribution in [3.8, 4) is 0 Å². The fourth-order valence-corrected chi connectivity index (χ4v) is 4.03. The molecule has 0 aromatic heterocycles. The predicted octanol–water partition coefficient (Wildman–Crippen LogP) is 3.34. The van der Waals surface area contributed by atoms with Gasteiger partial charge in [0.2, 0.25) is 0 Å². The Morgan fingerprint density at radius 3 is 2.47 bits per heavy atom. The van der Waals surface area contributed by atoms with Crippen LogP contribution in [-0.4, -0.2) is 18.2 Å². The van der Waals surface area contributed by atoms with Crippen molar-refractivity contribution < 1.29 is 9.53 Å². The van der Waals surface area contributed by atoms with E-state index in [0.29, 0.717) is 0 Å². The van der Waals surface area contributed by atoms with Gasteiger partial charge < -0.3 is 10.1 Å². The molecule has 0 aromatic rings. The number of amides is 1. The number of ether oxygens (including phenoxy) is 1. The van der Waals surface area contributed by atoms with Crippen molar-refractivity contribution >= 4 is 6.09 Å². The summed E-state index contributed by atoms with van der Waals surface area (Å²) in [6.07, 6.45) is 3.47. The molecule has 0 aromatic carbocycles. The molecule has 17 heavy (non-hydrogen) atoms. The van der Waals surface area contributed by atoms with E-state index in [4.69, 9.17) is 4.74 Å². The Morgan fingerprint density at radius 1 is 1.35 bits per heavy atom. The quantitative estimate of drug-likeness (QED) is 0.802. The number of hydrogen-bond donors (Lipinski definition) is 1. The highest BCUT2D eigenvalue weighted by molar-refractivity contribution is 5.68. The lowest BCUT2D eigenvalue weighted by molar-refractivity contribution is 0.0736. The van der Waals surface area contributed by atoms with Crippen LogP contribution in [0.5, 0.6) is 0 Å². The SMILES string of the molecule is CC(C)OC(=O)NC1C2(C)CCC(C2)C1(C)C. The van der Waals surface area contributed by atoms with Crippen LogP contribution < -0.4 is 5.32 Å². The molecule has 2 fully saturated rings. The fraction of sp³-hybridized carbons (Fsp3) is 0.929. The number of hydrogen-bond acceptors (Lipinski definition) is 2. The molecule has 2 bridgehead atoms. The van der Waals surface area contributed by atoms with Crippen LogP contribution in [-0.2, 0) is 4.74 Å². The molecule has 98 valence electrons. The highest BCUT2D eigenvalue weighted by Crippen LogP contribution is 2.62. The summed E-state index contributed by atoms with van der Waals surface area (Å²) in [4.78, 5) is 11.8. The molecule has 0 aliphatic heterocycles. The van der Waals surface area contributed by atoms with Gasteiger partial charge in [-0.2, -0.15) is 0 Å². The molecule has 3 heteroatoms. The third-order valence-electron chi connectivity index (χ3n) is 4.87. The molecular weight excluding hydrogens is 214 g/mol. The standard InChI is InChI=1S/C14H25NO2/c1-9(2)17-12(16)15-11-13(3,4)10-6-7-14(11,5)8-10/h9-11H,6-8H2,1-5H3,(H,15,16). The highest BCUT2D eigenvalue weighted by Gasteiger charge is 2.59. The second-order valence-corrected chi connectivity index (χ2v) is 6.95. The Hall–Kier alpha value is -0.730. The first-order valence-electron chi connectivity index (χ1n) is 6.73. The summed E-state index contributed by atoms with van der Waals surface area (Å²) in [6.45, 7) is 10.6. The Balaban J connectivity index is 2.07. The van der Waals surface area contributed by atoms with Gasteiger partial charge in [-0.15, -0.1) is 0 Å². The van der Waals surface area contributed by atoms with E-state index in [2.05, 4.69) is 26.1 Å². The maximum atomic E-state index is 11.8. The van der Waals surface area contributed by atoms with Crippen molar-refractivity contribution in [2.45, 2.75) is 66.0 Å². The van der Waals surface area contributed by atoms with Crippen LogP contribution in [0, 0.1) is 16.7 Å². The van der Waals surface area contributed by atoms with E-state index in [1.165, 1.54) is 19.3 Å². The summed E-state index contributed by atoms with van der Waals surface area (Å²) in [5.74, 6) is 0.747. The van der Waals surface area contributed by atoms with Crippen molar-refractivity contribution in [1.29, 1.82) is 0 Å². The largest absolute Gasteiger partial charge is 0.447 e. The maximum Gasteiger partial charge on any atom is 0.407 e. The molecule has 1 N–H and O–H groups in total. The van der Waals surface area contributed by atoms with E-state index in [1.54, 1.807) is 0 Å². The van der Waals surface area contributed by atoms with E-state index in [-0.39, 0.29) is 29.1 Å². The van der Waals surface area contributed by atoms with Gasteiger partial charge in [-0.05, 0) is 49.9 Å². The van der Waals surface area contributed by atoms with Gasteiger partial charge in [-0.25, -0.2) is 4.79 Å². The molecule has 0 heterocycles. The molecular formula is C14H25NO2. The average molecular weight is 239 g/mol. The van der Waals surface area contributed by atoms with Crippen molar-refractivity contribution in [3.05, 3.63) is 0 Å². The molecule has 0 spiro atoms. The van der Waals surface area contributed by atoms with Crippen LogP contribution in [0.1, 0.15) is 53.9 Å². The topological polar surface area (TPSA) is 38.3 Å². The zero-order chi connectivity index (χ0) is 12.8. The molecule has 1 amide bonds. The fourth-order valence-electron chi connectivity index (χ4n) is 4.03.